The molecule has 0 saturated heterocycles. The van der Waals surface area contributed by atoms with Gasteiger partial charge in [-0.05, 0) is 47.4 Å². The Bertz CT molecular complexity index is 1020. The highest BCUT2D eigenvalue weighted by Crippen LogP contribution is 2.31. The average Bonchev–Trinajstić information content (AvgIpc) is 2.88. The Balaban J connectivity index is 1.82. The van der Waals surface area contributed by atoms with Crippen LogP contribution in [-0.4, -0.2) is 44.6 Å². The van der Waals surface area contributed by atoms with Gasteiger partial charge in [-0.15, -0.1) is 11.6 Å². The third-order valence-corrected chi connectivity index (χ3v) is 5.92. The first-order valence-electron chi connectivity index (χ1n) is 10.8. The monoisotopic (exact) mass is 467 g/mol. The van der Waals surface area contributed by atoms with Crippen LogP contribution in [0.1, 0.15) is 29.0 Å². The molecule has 0 saturated carbocycles. The molecule has 33 heavy (non-hydrogen) atoms. The second-order valence-electron chi connectivity index (χ2n) is 7.66. The van der Waals surface area contributed by atoms with Gasteiger partial charge < -0.3 is 19.1 Å². The molecule has 3 rings (SSSR count). The number of benzene rings is 3. The Morgan fingerprint density at radius 1 is 0.848 bits per heavy atom. The van der Waals surface area contributed by atoms with Crippen molar-refractivity contribution in [2.75, 3.05) is 33.8 Å². The zero-order valence-corrected chi connectivity index (χ0v) is 20.0. The summed E-state index contributed by atoms with van der Waals surface area (Å²) in [5.74, 6) is 2.07. The van der Waals surface area contributed by atoms with Crippen LogP contribution in [0.25, 0.3) is 0 Å². The van der Waals surface area contributed by atoms with Gasteiger partial charge in [-0.2, -0.15) is 0 Å². The summed E-state index contributed by atoms with van der Waals surface area (Å²) in [5.41, 5.74) is 3.32. The molecule has 0 aromatic heterocycles. The van der Waals surface area contributed by atoms with E-state index in [4.69, 9.17) is 25.8 Å². The van der Waals surface area contributed by atoms with Crippen molar-refractivity contribution in [1.82, 2.24) is 4.90 Å². The zero-order valence-electron chi connectivity index (χ0n) is 19.3. The Morgan fingerprint density at radius 3 is 2.12 bits per heavy atom. The van der Waals surface area contributed by atoms with Gasteiger partial charge in [0.1, 0.15) is 11.6 Å². The number of nitrogens with zero attached hydrogens (tertiary/aromatic N) is 1. The van der Waals surface area contributed by atoms with E-state index >= 15 is 0 Å². The Hall–Kier alpha value is -3.18. The van der Waals surface area contributed by atoms with Crippen molar-refractivity contribution >= 4 is 17.5 Å². The number of amides is 1. The number of hydrogen-bond acceptors (Lipinski definition) is 4. The molecule has 0 aliphatic rings. The number of methoxy groups -OCH3 is 3. The number of carbonyl (C=O) groups excluding carboxylic acids is 1. The Kier molecular flexibility index (Phi) is 9.02. The molecular formula is C27H30ClNO4. The number of hydrogen-bond donors (Lipinski definition) is 0. The van der Waals surface area contributed by atoms with Crippen LogP contribution in [0.3, 0.4) is 0 Å². The lowest BCUT2D eigenvalue weighted by atomic mass is 9.88. The first kappa shape index (κ1) is 24.5. The molecule has 1 amide bonds. The molecule has 3 aromatic rings. The van der Waals surface area contributed by atoms with E-state index in [0.29, 0.717) is 24.6 Å². The molecule has 0 bridgehead atoms. The molecule has 0 aliphatic heterocycles. The highest BCUT2D eigenvalue weighted by Gasteiger charge is 2.19. The van der Waals surface area contributed by atoms with Gasteiger partial charge in [0.15, 0.2) is 11.5 Å². The van der Waals surface area contributed by atoms with Gasteiger partial charge in [-0.3, -0.25) is 4.79 Å². The molecule has 1 atom stereocenters. The third kappa shape index (κ3) is 6.42. The summed E-state index contributed by atoms with van der Waals surface area (Å²) in [5, 5.41) is 0. The maximum Gasteiger partial charge on any atom is 0.237 e. The Morgan fingerprint density at radius 2 is 1.52 bits per heavy atom. The summed E-state index contributed by atoms with van der Waals surface area (Å²) in [6.07, 6.45) is 0.756. The molecule has 0 heterocycles. The van der Waals surface area contributed by atoms with Crippen molar-refractivity contribution in [1.29, 1.82) is 0 Å². The smallest absolute Gasteiger partial charge is 0.237 e. The van der Waals surface area contributed by atoms with E-state index in [-0.39, 0.29) is 17.7 Å². The van der Waals surface area contributed by atoms with Gasteiger partial charge in [-0.1, -0.05) is 48.5 Å². The van der Waals surface area contributed by atoms with E-state index in [2.05, 4.69) is 24.3 Å². The van der Waals surface area contributed by atoms with E-state index in [1.807, 2.05) is 48.5 Å². The molecule has 0 spiro atoms. The summed E-state index contributed by atoms with van der Waals surface area (Å²) in [6.45, 7) is 1.00. The topological polar surface area (TPSA) is 48.0 Å². The van der Waals surface area contributed by atoms with E-state index in [9.17, 15) is 4.79 Å². The zero-order chi connectivity index (χ0) is 23.6. The summed E-state index contributed by atoms with van der Waals surface area (Å²) in [6, 6.07) is 24.1. The highest BCUT2D eigenvalue weighted by molar-refractivity contribution is 6.27. The van der Waals surface area contributed by atoms with Gasteiger partial charge in [0.05, 0.1) is 21.3 Å². The van der Waals surface area contributed by atoms with Crippen LogP contribution in [0.2, 0.25) is 0 Å². The van der Waals surface area contributed by atoms with Crippen molar-refractivity contribution in [2.45, 2.75) is 18.9 Å². The van der Waals surface area contributed by atoms with Gasteiger partial charge >= 0.3 is 0 Å². The predicted molar refractivity (Wildman–Crippen MR) is 132 cm³/mol. The maximum atomic E-state index is 12.7. The normalized spacial score (nSPS) is 11.5. The lowest BCUT2D eigenvalue weighted by molar-refractivity contribution is -0.129. The van der Waals surface area contributed by atoms with Crippen LogP contribution < -0.4 is 14.2 Å². The van der Waals surface area contributed by atoms with Crippen molar-refractivity contribution in [2.24, 2.45) is 0 Å². The lowest BCUT2D eigenvalue weighted by Gasteiger charge is -2.26. The minimum absolute atomic E-state index is 0.0637. The molecule has 6 heteroatoms. The fourth-order valence-electron chi connectivity index (χ4n) is 3.91. The molecule has 0 radical (unpaired) electrons. The maximum absolute atomic E-state index is 12.7. The summed E-state index contributed by atoms with van der Waals surface area (Å²) < 4.78 is 16.0. The first-order chi connectivity index (χ1) is 16.1. The number of ether oxygens (including phenoxy) is 3. The minimum atomic E-state index is -0.104. The number of carbonyl (C=O) groups is 1. The summed E-state index contributed by atoms with van der Waals surface area (Å²) in [7, 11) is 4.86. The fourth-order valence-corrected chi connectivity index (χ4v) is 4.08. The number of halogens is 1. The quantitative estimate of drug-likeness (QED) is 0.349. The summed E-state index contributed by atoms with van der Waals surface area (Å²) in [4.78, 5) is 14.5. The first-order valence-corrected chi connectivity index (χ1v) is 11.4. The largest absolute Gasteiger partial charge is 0.497 e. The standard InChI is InChI=1S/C27H30ClNO4/c1-31-23-12-10-22(11-13-23)24(21-7-5-4-6-8-21)15-16-29(27(30)18-28)19-20-9-14-25(32-2)26(17-20)33-3/h4-14,17,24H,15-16,18-19H2,1-3H3/t24-/m1/s1. The predicted octanol–water partition coefficient (Wildman–Crippen LogP) is 5.50. The highest BCUT2D eigenvalue weighted by atomic mass is 35.5. The molecule has 5 nitrogen and oxygen atoms in total. The van der Waals surface area contributed by atoms with Gasteiger partial charge in [-0.25, -0.2) is 0 Å². The second-order valence-corrected chi connectivity index (χ2v) is 7.93. The molecular weight excluding hydrogens is 438 g/mol. The van der Waals surface area contributed by atoms with E-state index < -0.39 is 0 Å². The van der Waals surface area contributed by atoms with Crippen molar-refractivity contribution in [3.05, 3.63) is 89.5 Å². The lowest BCUT2D eigenvalue weighted by Crippen LogP contribution is -2.33. The summed E-state index contributed by atoms with van der Waals surface area (Å²) >= 11 is 5.95. The van der Waals surface area contributed by atoms with E-state index in [0.717, 1.165) is 17.7 Å². The molecule has 0 aliphatic carbocycles. The van der Waals surface area contributed by atoms with Crippen LogP contribution in [0, 0.1) is 0 Å². The van der Waals surface area contributed by atoms with Crippen LogP contribution in [0.5, 0.6) is 17.2 Å². The van der Waals surface area contributed by atoms with Crippen molar-refractivity contribution < 1.29 is 19.0 Å². The SMILES string of the molecule is COc1ccc([C@H](CCN(Cc2ccc(OC)c(OC)c2)C(=O)CCl)c2ccccc2)cc1. The van der Waals surface area contributed by atoms with Crippen LogP contribution in [-0.2, 0) is 11.3 Å². The van der Waals surface area contributed by atoms with Crippen LogP contribution in [0.4, 0.5) is 0 Å². The molecule has 0 fully saturated rings. The van der Waals surface area contributed by atoms with E-state index in [1.54, 1.807) is 26.2 Å². The molecule has 0 N–H and O–H groups in total. The molecule has 3 aromatic carbocycles. The van der Waals surface area contributed by atoms with Gasteiger partial charge in [0, 0.05) is 19.0 Å². The van der Waals surface area contributed by atoms with Crippen LogP contribution in [0.15, 0.2) is 72.8 Å². The number of rotatable bonds is 11. The minimum Gasteiger partial charge on any atom is -0.497 e. The van der Waals surface area contributed by atoms with Crippen molar-refractivity contribution in [3.63, 3.8) is 0 Å². The van der Waals surface area contributed by atoms with Gasteiger partial charge in [0.2, 0.25) is 5.91 Å². The van der Waals surface area contributed by atoms with Gasteiger partial charge in [0.25, 0.3) is 0 Å². The Labute approximate surface area is 200 Å². The fraction of sp³-hybridized carbons (Fsp3) is 0.296. The second kappa shape index (κ2) is 12.2. The molecule has 0 unspecified atom stereocenters. The third-order valence-electron chi connectivity index (χ3n) is 5.70. The average molecular weight is 468 g/mol. The van der Waals surface area contributed by atoms with Crippen LogP contribution >= 0.6 is 11.6 Å². The number of alkyl halides is 1. The van der Waals surface area contributed by atoms with E-state index in [1.165, 1.54) is 11.1 Å². The van der Waals surface area contributed by atoms with Crippen molar-refractivity contribution in [3.8, 4) is 17.2 Å². The molecule has 174 valence electrons.